The lowest BCUT2D eigenvalue weighted by Gasteiger charge is -2.30. The van der Waals surface area contributed by atoms with Crippen LogP contribution in [0.2, 0.25) is 0 Å². The highest BCUT2D eigenvalue weighted by molar-refractivity contribution is 5.51. The number of nitrogens with one attached hydrogen (secondary N) is 1. The Kier molecular flexibility index (Phi) is 4.29. The Balaban J connectivity index is 1.52. The summed E-state index contributed by atoms with van der Waals surface area (Å²) in [5.41, 5.74) is 4.01. The standard InChI is InChI=1S/C20H21N5/c1-15-23-19(22-13-16-6-9-21-10-7-16)12-20(24-15)25-11-8-17-4-2-3-5-18(17)14-25/h2-7,9-10,12H,8,11,13-14H2,1H3,(H,22,23,24). The molecule has 0 fully saturated rings. The number of rotatable bonds is 4. The van der Waals surface area contributed by atoms with Crippen LogP contribution in [0.15, 0.2) is 54.9 Å². The van der Waals surface area contributed by atoms with Gasteiger partial charge in [-0.1, -0.05) is 24.3 Å². The summed E-state index contributed by atoms with van der Waals surface area (Å²) < 4.78 is 0. The summed E-state index contributed by atoms with van der Waals surface area (Å²) in [5, 5.41) is 3.39. The first-order chi connectivity index (χ1) is 12.3. The normalized spacial score (nSPS) is 13.4. The van der Waals surface area contributed by atoms with Gasteiger partial charge in [0.05, 0.1) is 0 Å². The third-order valence-corrected chi connectivity index (χ3v) is 4.50. The zero-order valence-electron chi connectivity index (χ0n) is 14.3. The Labute approximate surface area is 147 Å². The van der Waals surface area contributed by atoms with Gasteiger partial charge in [-0.05, 0) is 42.2 Å². The minimum Gasteiger partial charge on any atom is -0.366 e. The number of benzene rings is 1. The van der Waals surface area contributed by atoms with E-state index in [-0.39, 0.29) is 0 Å². The van der Waals surface area contributed by atoms with E-state index >= 15 is 0 Å². The molecule has 25 heavy (non-hydrogen) atoms. The van der Waals surface area contributed by atoms with Crippen LogP contribution in [0.1, 0.15) is 22.5 Å². The molecule has 5 heteroatoms. The van der Waals surface area contributed by atoms with Crippen molar-refractivity contribution in [2.24, 2.45) is 0 Å². The fourth-order valence-corrected chi connectivity index (χ4v) is 3.19. The first-order valence-corrected chi connectivity index (χ1v) is 8.58. The van der Waals surface area contributed by atoms with Crippen LogP contribution < -0.4 is 10.2 Å². The van der Waals surface area contributed by atoms with Gasteiger partial charge in [0.15, 0.2) is 0 Å². The number of hydrogen-bond acceptors (Lipinski definition) is 5. The third-order valence-electron chi connectivity index (χ3n) is 4.50. The second-order valence-corrected chi connectivity index (χ2v) is 6.31. The highest BCUT2D eigenvalue weighted by atomic mass is 15.2. The number of nitrogens with zero attached hydrogens (tertiary/aromatic N) is 4. The second kappa shape index (κ2) is 6.89. The molecule has 3 heterocycles. The van der Waals surface area contributed by atoms with Crippen LogP contribution >= 0.6 is 0 Å². The number of aromatic nitrogens is 3. The molecule has 0 spiro atoms. The minimum absolute atomic E-state index is 0.723. The second-order valence-electron chi connectivity index (χ2n) is 6.31. The fourth-order valence-electron chi connectivity index (χ4n) is 3.19. The summed E-state index contributed by atoms with van der Waals surface area (Å²) >= 11 is 0. The van der Waals surface area contributed by atoms with Crippen molar-refractivity contribution in [2.75, 3.05) is 16.8 Å². The van der Waals surface area contributed by atoms with Gasteiger partial charge >= 0.3 is 0 Å². The highest BCUT2D eigenvalue weighted by Crippen LogP contribution is 2.24. The molecule has 0 aliphatic carbocycles. The van der Waals surface area contributed by atoms with Crippen LogP contribution in [0, 0.1) is 6.92 Å². The van der Waals surface area contributed by atoms with Crippen molar-refractivity contribution in [3.05, 3.63) is 77.4 Å². The van der Waals surface area contributed by atoms with E-state index in [0.29, 0.717) is 0 Å². The number of aryl methyl sites for hydroxylation is 1. The molecule has 0 saturated carbocycles. The molecular weight excluding hydrogens is 310 g/mol. The van der Waals surface area contributed by atoms with E-state index < -0.39 is 0 Å². The van der Waals surface area contributed by atoms with E-state index in [1.54, 1.807) is 12.4 Å². The Hall–Kier alpha value is -2.95. The SMILES string of the molecule is Cc1nc(NCc2ccncc2)cc(N2CCc3ccccc3C2)n1. The van der Waals surface area contributed by atoms with Crippen molar-refractivity contribution in [3.63, 3.8) is 0 Å². The molecule has 2 aromatic heterocycles. The summed E-state index contributed by atoms with van der Waals surface area (Å²) in [6.45, 7) is 4.55. The predicted molar refractivity (Wildman–Crippen MR) is 99.5 cm³/mol. The van der Waals surface area contributed by atoms with Gasteiger partial charge in [0, 0.05) is 38.1 Å². The van der Waals surface area contributed by atoms with Gasteiger partial charge in [0.25, 0.3) is 0 Å². The number of pyridine rings is 1. The topological polar surface area (TPSA) is 53.9 Å². The molecule has 0 atom stereocenters. The lowest BCUT2D eigenvalue weighted by molar-refractivity contribution is 0.717. The van der Waals surface area contributed by atoms with Crippen molar-refractivity contribution >= 4 is 11.6 Å². The summed E-state index contributed by atoms with van der Waals surface area (Å²) in [6.07, 6.45) is 4.66. The van der Waals surface area contributed by atoms with Crippen LogP contribution in [0.5, 0.6) is 0 Å². The first kappa shape index (κ1) is 15.6. The average molecular weight is 331 g/mol. The molecule has 5 nitrogen and oxygen atoms in total. The number of hydrogen-bond donors (Lipinski definition) is 1. The maximum absolute atomic E-state index is 4.65. The zero-order chi connectivity index (χ0) is 17.1. The van der Waals surface area contributed by atoms with E-state index in [9.17, 15) is 0 Å². The van der Waals surface area contributed by atoms with E-state index in [4.69, 9.17) is 0 Å². The first-order valence-electron chi connectivity index (χ1n) is 8.58. The predicted octanol–water partition coefficient (Wildman–Crippen LogP) is 3.35. The van der Waals surface area contributed by atoms with Crippen molar-refractivity contribution in [2.45, 2.75) is 26.4 Å². The largest absolute Gasteiger partial charge is 0.366 e. The molecule has 0 unspecified atom stereocenters. The Morgan fingerprint density at radius 1 is 1.04 bits per heavy atom. The molecule has 1 N–H and O–H groups in total. The molecule has 0 saturated heterocycles. The van der Waals surface area contributed by atoms with Crippen molar-refractivity contribution in [3.8, 4) is 0 Å². The maximum atomic E-state index is 4.65. The van der Waals surface area contributed by atoms with Crippen LogP contribution in [0.3, 0.4) is 0 Å². The van der Waals surface area contributed by atoms with Crippen LogP contribution in [-0.2, 0) is 19.5 Å². The average Bonchev–Trinajstić information content (AvgIpc) is 2.66. The van der Waals surface area contributed by atoms with E-state index in [0.717, 1.165) is 43.5 Å². The summed E-state index contributed by atoms with van der Waals surface area (Å²) in [7, 11) is 0. The highest BCUT2D eigenvalue weighted by Gasteiger charge is 2.18. The Morgan fingerprint density at radius 2 is 1.84 bits per heavy atom. The monoisotopic (exact) mass is 331 g/mol. The summed E-state index contributed by atoms with van der Waals surface area (Å²) in [6, 6.07) is 14.7. The summed E-state index contributed by atoms with van der Waals surface area (Å²) in [4.78, 5) is 15.5. The van der Waals surface area contributed by atoms with Gasteiger partial charge in [0.2, 0.25) is 0 Å². The van der Waals surface area contributed by atoms with Gasteiger partial charge in [-0.25, -0.2) is 9.97 Å². The third kappa shape index (κ3) is 3.60. The molecule has 0 radical (unpaired) electrons. The van der Waals surface area contributed by atoms with Crippen LogP contribution in [0.25, 0.3) is 0 Å². The van der Waals surface area contributed by atoms with E-state index in [1.165, 1.54) is 16.7 Å². The van der Waals surface area contributed by atoms with E-state index in [2.05, 4.69) is 49.4 Å². The zero-order valence-corrected chi connectivity index (χ0v) is 14.3. The van der Waals surface area contributed by atoms with Crippen LogP contribution in [0.4, 0.5) is 11.6 Å². The lowest BCUT2D eigenvalue weighted by Crippen LogP contribution is -2.31. The van der Waals surface area contributed by atoms with Gasteiger partial charge in [-0.3, -0.25) is 4.98 Å². The van der Waals surface area contributed by atoms with Gasteiger partial charge in [-0.15, -0.1) is 0 Å². The van der Waals surface area contributed by atoms with Crippen molar-refractivity contribution in [1.82, 2.24) is 15.0 Å². The van der Waals surface area contributed by atoms with Crippen molar-refractivity contribution in [1.29, 1.82) is 0 Å². The smallest absolute Gasteiger partial charge is 0.134 e. The number of fused-ring (bicyclic) bond motifs is 1. The Bertz CT molecular complexity index is 863. The molecule has 1 aliphatic heterocycles. The maximum Gasteiger partial charge on any atom is 0.134 e. The van der Waals surface area contributed by atoms with E-state index in [1.807, 2.05) is 25.1 Å². The number of anilines is 2. The fraction of sp³-hybridized carbons (Fsp3) is 0.250. The molecule has 1 aromatic carbocycles. The van der Waals surface area contributed by atoms with Crippen molar-refractivity contribution < 1.29 is 0 Å². The van der Waals surface area contributed by atoms with Gasteiger partial charge < -0.3 is 10.2 Å². The molecule has 126 valence electrons. The molecule has 3 aromatic rings. The van der Waals surface area contributed by atoms with Gasteiger partial charge in [0.1, 0.15) is 17.5 Å². The molecule has 4 rings (SSSR count). The molecular formula is C20H21N5. The lowest BCUT2D eigenvalue weighted by atomic mass is 10.00. The van der Waals surface area contributed by atoms with Crippen LogP contribution in [-0.4, -0.2) is 21.5 Å². The molecule has 1 aliphatic rings. The Morgan fingerprint density at radius 3 is 2.68 bits per heavy atom. The molecule has 0 amide bonds. The minimum atomic E-state index is 0.723. The molecule has 0 bridgehead atoms. The van der Waals surface area contributed by atoms with Gasteiger partial charge in [-0.2, -0.15) is 0 Å². The summed E-state index contributed by atoms with van der Waals surface area (Å²) in [5.74, 6) is 2.63. The quantitative estimate of drug-likeness (QED) is 0.794.